The van der Waals surface area contributed by atoms with Gasteiger partial charge in [-0.1, -0.05) is 58.4 Å². The van der Waals surface area contributed by atoms with Crippen molar-refractivity contribution >= 4 is 39.5 Å². The van der Waals surface area contributed by atoms with Crippen LogP contribution in [0.15, 0.2) is 76.8 Å². The molecule has 0 atom stereocenters. The van der Waals surface area contributed by atoms with Crippen molar-refractivity contribution in [3.05, 3.63) is 82.4 Å². The quantitative estimate of drug-likeness (QED) is 0.666. The van der Waals surface area contributed by atoms with E-state index in [-0.39, 0.29) is 11.5 Å². The smallest absolute Gasteiger partial charge is 0.267 e. The predicted molar refractivity (Wildman–Crippen MR) is 93.3 cm³/mol. The molecule has 0 bridgehead atoms. The number of hydrogen-bond donors (Lipinski definition) is 1. The zero-order valence-electron chi connectivity index (χ0n) is 12.1. The lowest BCUT2D eigenvalue weighted by Gasteiger charge is -2.14. The van der Waals surface area contributed by atoms with E-state index in [2.05, 4.69) is 21.4 Å². The van der Waals surface area contributed by atoms with Crippen molar-refractivity contribution in [3.8, 4) is 0 Å². The number of nitrogens with one attached hydrogen (secondary N) is 1. The van der Waals surface area contributed by atoms with Crippen molar-refractivity contribution in [2.75, 3.05) is 5.01 Å². The van der Waals surface area contributed by atoms with Gasteiger partial charge in [0.25, 0.3) is 11.8 Å². The van der Waals surface area contributed by atoms with Crippen LogP contribution in [0.4, 0.5) is 5.69 Å². The van der Waals surface area contributed by atoms with Gasteiger partial charge >= 0.3 is 0 Å². The van der Waals surface area contributed by atoms with Gasteiger partial charge in [0.05, 0.1) is 5.69 Å². The van der Waals surface area contributed by atoms with Crippen LogP contribution in [0.25, 0.3) is 6.08 Å². The van der Waals surface area contributed by atoms with Crippen molar-refractivity contribution in [2.24, 2.45) is 0 Å². The van der Waals surface area contributed by atoms with Gasteiger partial charge in [-0.05, 0) is 35.9 Å². The van der Waals surface area contributed by atoms with Crippen molar-refractivity contribution < 1.29 is 9.59 Å². The Morgan fingerprint density at radius 2 is 1.65 bits per heavy atom. The second-order valence-corrected chi connectivity index (χ2v) is 5.82. The first-order valence-corrected chi connectivity index (χ1v) is 7.79. The number of amides is 2. The molecule has 0 unspecified atom stereocenters. The molecular weight excluding hydrogens is 356 g/mol. The number of halogens is 1. The molecule has 0 saturated carbocycles. The number of carbonyl (C=O) groups is 2. The average molecular weight is 369 g/mol. The Balaban J connectivity index is 1.80. The van der Waals surface area contributed by atoms with E-state index in [1.165, 1.54) is 11.1 Å². The predicted octanol–water partition coefficient (Wildman–Crippen LogP) is 3.47. The first-order valence-electron chi connectivity index (χ1n) is 6.99. The number of carbonyl (C=O) groups excluding carboxylic acids is 2. The molecule has 0 aromatic heterocycles. The van der Waals surface area contributed by atoms with Gasteiger partial charge < -0.3 is 0 Å². The van der Waals surface area contributed by atoms with Gasteiger partial charge in [0.2, 0.25) is 0 Å². The number of allylic oxidation sites excluding steroid dienone is 2. The maximum atomic E-state index is 12.4. The molecule has 0 radical (unpaired) electrons. The lowest BCUT2D eigenvalue weighted by molar-refractivity contribution is -0.117. The minimum absolute atomic E-state index is 0.111. The molecule has 1 N–H and O–H groups in total. The van der Waals surface area contributed by atoms with Crippen LogP contribution >= 0.6 is 15.9 Å². The van der Waals surface area contributed by atoms with Gasteiger partial charge in [0, 0.05) is 4.47 Å². The number of anilines is 1. The van der Waals surface area contributed by atoms with Gasteiger partial charge in [-0.2, -0.15) is 0 Å². The fraction of sp³-hybridized carbons (Fsp3) is 0. The SMILES string of the molecule is O=C1NN(c2ccc(Br)cc2)C(=O)C1=CC=Cc1ccccc1. The highest BCUT2D eigenvalue weighted by Gasteiger charge is 2.33. The molecule has 1 fully saturated rings. The van der Waals surface area contributed by atoms with E-state index < -0.39 is 5.91 Å². The highest BCUT2D eigenvalue weighted by Crippen LogP contribution is 2.22. The van der Waals surface area contributed by atoms with Crippen LogP contribution in [-0.2, 0) is 9.59 Å². The molecule has 0 aliphatic carbocycles. The van der Waals surface area contributed by atoms with E-state index in [4.69, 9.17) is 0 Å². The van der Waals surface area contributed by atoms with E-state index in [9.17, 15) is 9.59 Å². The van der Waals surface area contributed by atoms with E-state index in [0.29, 0.717) is 5.69 Å². The van der Waals surface area contributed by atoms with E-state index >= 15 is 0 Å². The molecule has 1 saturated heterocycles. The summed E-state index contributed by atoms with van der Waals surface area (Å²) in [5.74, 6) is -0.773. The number of hydrogen-bond acceptors (Lipinski definition) is 2. The lowest BCUT2D eigenvalue weighted by atomic mass is 10.2. The van der Waals surface area contributed by atoms with Crippen molar-refractivity contribution in [1.82, 2.24) is 5.43 Å². The van der Waals surface area contributed by atoms with Gasteiger partial charge in [0.1, 0.15) is 5.57 Å². The standard InChI is InChI=1S/C18H13BrN2O2/c19-14-9-11-15(12-10-14)21-18(23)16(17(22)20-21)8-4-7-13-5-2-1-3-6-13/h1-12H,(H,20,22). The molecule has 2 amide bonds. The fourth-order valence-electron chi connectivity index (χ4n) is 2.17. The largest absolute Gasteiger partial charge is 0.282 e. The summed E-state index contributed by atoms with van der Waals surface area (Å²) in [6, 6.07) is 16.8. The maximum absolute atomic E-state index is 12.4. The van der Waals surface area contributed by atoms with E-state index in [1.807, 2.05) is 48.5 Å². The Kier molecular flexibility index (Phi) is 4.39. The lowest BCUT2D eigenvalue weighted by Crippen LogP contribution is -2.35. The van der Waals surface area contributed by atoms with E-state index in [1.54, 1.807) is 18.2 Å². The summed E-state index contributed by atoms with van der Waals surface area (Å²) in [5.41, 5.74) is 4.29. The fourth-order valence-corrected chi connectivity index (χ4v) is 2.43. The second kappa shape index (κ2) is 6.62. The van der Waals surface area contributed by atoms with Crippen LogP contribution in [0.3, 0.4) is 0 Å². The third-order valence-corrected chi connectivity index (χ3v) is 3.86. The minimum atomic E-state index is -0.407. The third-order valence-electron chi connectivity index (χ3n) is 3.33. The molecule has 0 spiro atoms. The number of hydrazine groups is 1. The summed E-state index contributed by atoms with van der Waals surface area (Å²) in [5, 5.41) is 1.25. The Morgan fingerprint density at radius 3 is 2.35 bits per heavy atom. The molecule has 1 heterocycles. The third kappa shape index (κ3) is 3.40. The average Bonchev–Trinajstić information content (AvgIpc) is 2.85. The van der Waals surface area contributed by atoms with Gasteiger partial charge in [-0.25, -0.2) is 5.01 Å². The molecule has 2 aromatic carbocycles. The molecule has 1 aliphatic rings. The minimum Gasteiger partial charge on any atom is -0.267 e. The summed E-state index contributed by atoms with van der Waals surface area (Å²) in [4.78, 5) is 24.4. The first kappa shape index (κ1) is 15.2. The summed E-state index contributed by atoms with van der Waals surface area (Å²) in [7, 11) is 0. The molecule has 2 aromatic rings. The summed E-state index contributed by atoms with van der Waals surface area (Å²) < 4.78 is 0.904. The molecule has 23 heavy (non-hydrogen) atoms. The van der Waals surface area contributed by atoms with Gasteiger partial charge in [0.15, 0.2) is 0 Å². The normalized spacial score (nSPS) is 16.4. The van der Waals surface area contributed by atoms with Crippen LogP contribution in [0.1, 0.15) is 5.56 Å². The number of benzene rings is 2. The second-order valence-electron chi connectivity index (χ2n) is 4.91. The summed E-state index contributed by atoms with van der Waals surface area (Å²) in [6.07, 6.45) is 5.08. The molecule has 4 nitrogen and oxygen atoms in total. The zero-order valence-corrected chi connectivity index (χ0v) is 13.7. The number of rotatable bonds is 3. The van der Waals surface area contributed by atoms with Crippen LogP contribution in [0.2, 0.25) is 0 Å². The maximum Gasteiger partial charge on any atom is 0.282 e. The monoisotopic (exact) mass is 368 g/mol. The molecule has 5 heteroatoms. The van der Waals surface area contributed by atoms with Crippen molar-refractivity contribution in [1.29, 1.82) is 0 Å². The zero-order chi connectivity index (χ0) is 16.2. The topological polar surface area (TPSA) is 49.4 Å². The summed E-state index contributed by atoms with van der Waals surface area (Å²) in [6.45, 7) is 0. The van der Waals surface area contributed by atoms with Gasteiger partial charge in [-0.15, -0.1) is 0 Å². The van der Waals surface area contributed by atoms with Crippen molar-refractivity contribution in [3.63, 3.8) is 0 Å². The molecule has 3 rings (SSSR count). The van der Waals surface area contributed by atoms with Crippen LogP contribution < -0.4 is 10.4 Å². The Morgan fingerprint density at radius 1 is 0.957 bits per heavy atom. The first-order chi connectivity index (χ1) is 11.1. The van der Waals surface area contributed by atoms with Crippen LogP contribution in [0.5, 0.6) is 0 Å². The number of nitrogens with zero attached hydrogens (tertiary/aromatic N) is 1. The molecular formula is C18H13BrN2O2. The Bertz CT molecular complexity index is 796. The van der Waals surface area contributed by atoms with E-state index in [0.717, 1.165) is 10.0 Å². The Hall–Kier alpha value is -2.66. The van der Waals surface area contributed by atoms with Crippen LogP contribution in [0, 0.1) is 0 Å². The van der Waals surface area contributed by atoms with Crippen LogP contribution in [-0.4, -0.2) is 11.8 Å². The molecule has 114 valence electrons. The summed E-state index contributed by atoms with van der Waals surface area (Å²) >= 11 is 3.34. The van der Waals surface area contributed by atoms with Gasteiger partial charge in [-0.3, -0.25) is 15.0 Å². The molecule has 1 aliphatic heterocycles. The Labute approximate surface area is 142 Å². The highest BCUT2D eigenvalue weighted by atomic mass is 79.9. The van der Waals surface area contributed by atoms with Crippen molar-refractivity contribution in [2.45, 2.75) is 0 Å². The highest BCUT2D eigenvalue weighted by molar-refractivity contribution is 9.10.